The van der Waals surface area contributed by atoms with Gasteiger partial charge in [0.2, 0.25) is 10.0 Å². The zero-order chi connectivity index (χ0) is 26.4. The van der Waals surface area contributed by atoms with E-state index in [0.717, 1.165) is 16.5 Å². The lowest BCUT2D eigenvalue weighted by atomic mass is 10.1. The fourth-order valence-corrected chi connectivity index (χ4v) is 6.32. The number of aromatic nitrogens is 6. The molecule has 2 fully saturated rings. The summed E-state index contributed by atoms with van der Waals surface area (Å²) in [4.78, 5) is 4.24. The van der Waals surface area contributed by atoms with Crippen molar-refractivity contribution in [2.45, 2.75) is 29.2 Å². The van der Waals surface area contributed by atoms with Gasteiger partial charge >= 0.3 is 6.01 Å². The van der Waals surface area contributed by atoms with Crippen molar-refractivity contribution in [3.8, 4) is 17.4 Å². The predicted molar refractivity (Wildman–Crippen MR) is 138 cm³/mol. The van der Waals surface area contributed by atoms with Crippen LogP contribution in [0.2, 0.25) is 0 Å². The molecule has 5 aromatic rings. The summed E-state index contributed by atoms with van der Waals surface area (Å²) in [6.07, 6.45) is 4.31. The predicted octanol–water partition coefficient (Wildman–Crippen LogP) is 2.49. The molecular weight excluding hydrogens is 522 g/mol. The molecule has 0 radical (unpaired) electrons. The van der Waals surface area contributed by atoms with Gasteiger partial charge in [-0.3, -0.25) is 0 Å². The molecule has 2 aliphatic rings. The quantitative estimate of drug-likeness (QED) is 0.327. The number of imidazole rings is 1. The largest absolute Gasteiger partial charge is 0.423 e. The third-order valence-electron chi connectivity index (χ3n) is 6.99. The second-order valence-corrected chi connectivity index (χ2v) is 11.1. The second kappa shape index (κ2) is 9.54. The first-order valence-electron chi connectivity index (χ1n) is 12.3. The molecule has 0 bridgehead atoms. The number of benzene rings is 3. The molecule has 0 saturated carbocycles. The maximum atomic E-state index is 13.2. The number of ether oxygens (including phenoxy) is 3. The number of hydrogen-bond donors (Lipinski definition) is 1. The Morgan fingerprint density at radius 1 is 0.949 bits per heavy atom. The van der Waals surface area contributed by atoms with Gasteiger partial charge in [0.1, 0.15) is 24.0 Å². The third kappa shape index (κ3) is 4.44. The zero-order valence-corrected chi connectivity index (χ0v) is 21.3. The molecule has 2 aliphatic heterocycles. The minimum Gasteiger partial charge on any atom is -0.423 e. The Kier molecular flexibility index (Phi) is 5.85. The number of tetrazole rings is 1. The number of rotatable bonds is 7. The van der Waals surface area contributed by atoms with Crippen LogP contribution in [0.15, 0.2) is 90.3 Å². The number of fused-ring (bicyclic) bond motifs is 2. The van der Waals surface area contributed by atoms with Crippen LogP contribution in [-0.4, -0.2) is 69.6 Å². The summed E-state index contributed by atoms with van der Waals surface area (Å²) in [5.74, 6) is 0.554. The molecule has 0 amide bonds. The van der Waals surface area contributed by atoms with E-state index in [1.54, 1.807) is 30.7 Å². The summed E-state index contributed by atoms with van der Waals surface area (Å²) in [6, 6.07) is 19.3. The lowest BCUT2D eigenvalue weighted by Crippen LogP contribution is -2.44. The van der Waals surface area contributed by atoms with Crippen molar-refractivity contribution < 1.29 is 22.6 Å². The van der Waals surface area contributed by atoms with E-state index >= 15 is 0 Å². The van der Waals surface area contributed by atoms with Gasteiger partial charge in [-0.25, -0.2) is 18.1 Å². The first-order chi connectivity index (χ1) is 19.0. The molecule has 2 aromatic heterocycles. The lowest BCUT2D eigenvalue weighted by Gasteiger charge is -2.18. The van der Waals surface area contributed by atoms with E-state index in [-0.39, 0.29) is 30.2 Å². The van der Waals surface area contributed by atoms with Gasteiger partial charge in [0, 0.05) is 18.1 Å². The molecule has 198 valence electrons. The van der Waals surface area contributed by atoms with E-state index in [9.17, 15) is 8.42 Å². The normalized spacial score (nSPS) is 22.8. The molecule has 4 atom stereocenters. The van der Waals surface area contributed by atoms with Crippen molar-refractivity contribution in [1.82, 2.24) is 34.5 Å². The minimum atomic E-state index is -3.80. The minimum absolute atomic E-state index is 0.159. The van der Waals surface area contributed by atoms with Crippen molar-refractivity contribution in [3.05, 3.63) is 85.5 Å². The van der Waals surface area contributed by atoms with Crippen LogP contribution in [0.5, 0.6) is 11.8 Å². The Bertz CT molecular complexity index is 1720. The van der Waals surface area contributed by atoms with Gasteiger partial charge in [-0.1, -0.05) is 35.4 Å². The molecule has 4 heterocycles. The van der Waals surface area contributed by atoms with Gasteiger partial charge in [0.25, 0.3) is 0 Å². The Labute approximate surface area is 223 Å². The summed E-state index contributed by atoms with van der Waals surface area (Å²) >= 11 is 0. The van der Waals surface area contributed by atoms with Crippen LogP contribution in [0.4, 0.5) is 0 Å². The Morgan fingerprint density at radius 3 is 2.59 bits per heavy atom. The summed E-state index contributed by atoms with van der Waals surface area (Å²) < 4.78 is 50.6. The Hall–Kier alpha value is -4.17. The maximum Gasteiger partial charge on any atom is 0.341 e. The summed E-state index contributed by atoms with van der Waals surface area (Å²) in [5.41, 5.74) is 0.933. The van der Waals surface area contributed by atoms with E-state index in [4.69, 9.17) is 14.2 Å². The molecule has 2 saturated heterocycles. The topological polar surface area (TPSA) is 135 Å². The highest BCUT2D eigenvalue weighted by Gasteiger charge is 2.50. The van der Waals surface area contributed by atoms with Crippen molar-refractivity contribution >= 4 is 20.8 Å². The van der Waals surface area contributed by atoms with E-state index < -0.39 is 28.3 Å². The van der Waals surface area contributed by atoms with E-state index in [1.807, 2.05) is 59.3 Å². The standard InChI is InChI=1S/C26H23N7O5S/c34-39(35,21-10-5-17-3-1-2-4-18(17)13-21)29-22-14-36-25-23(15-37-24(22)25)33-26(28-30-31-33)38-20-8-6-19(7-9-20)32-12-11-27-16-32/h1-13,16,22-25,29H,14-15H2/t22-,23-,24+,25+/m0/s1. The smallest absolute Gasteiger partial charge is 0.341 e. The van der Waals surface area contributed by atoms with Crippen molar-refractivity contribution in [1.29, 1.82) is 0 Å². The van der Waals surface area contributed by atoms with Crippen LogP contribution in [0.3, 0.4) is 0 Å². The van der Waals surface area contributed by atoms with Crippen LogP contribution < -0.4 is 9.46 Å². The van der Waals surface area contributed by atoms with E-state index in [2.05, 4.69) is 25.2 Å². The summed E-state index contributed by atoms with van der Waals surface area (Å²) in [5, 5.41) is 13.7. The summed E-state index contributed by atoms with van der Waals surface area (Å²) in [7, 11) is -3.80. The van der Waals surface area contributed by atoms with Crippen LogP contribution in [0, 0.1) is 0 Å². The highest BCUT2D eigenvalue weighted by atomic mass is 32.2. The molecule has 0 aliphatic carbocycles. The zero-order valence-electron chi connectivity index (χ0n) is 20.4. The fraction of sp³-hybridized carbons (Fsp3) is 0.231. The molecule has 39 heavy (non-hydrogen) atoms. The van der Waals surface area contributed by atoms with Crippen molar-refractivity contribution in [3.63, 3.8) is 0 Å². The van der Waals surface area contributed by atoms with Crippen molar-refractivity contribution in [2.75, 3.05) is 13.2 Å². The first kappa shape index (κ1) is 23.9. The molecule has 13 heteroatoms. The molecule has 1 N–H and O–H groups in total. The highest BCUT2D eigenvalue weighted by molar-refractivity contribution is 7.89. The molecular formula is C26H23N7O5S. The van der Waals surface area contributed by atoms with Gasteiger partial charge in [0.05, 0.1) is 30.5 Å². The Morgan fingerprint density at radius 2 is 1.77 bits per heavy atom. The third-order valence-corrected chi connectivity index (χ3v) is 8.48. The number of hydrogen-bond acceptors (Lipinski definition) is 9. The summed E-state index contributed by atoms with van der Waals surface area (Å²) in [6.45, 7) is 0.400. The number of nitrogens with one attached hydrogen (secondary N) is 1. The fourth-order valence-electron chi connectivity index (χ4n) is 5.06. The average molecular weight is 546 g/mol. The van der Waals surface area contributed by atoms with Crippen LogP contribution in [-0.2, 0) is 19.5 Å². The van der Waals surface area contributed by atoms with Crippen LogP contribution in [0.25, 0.3) is 16.5 Å². The van der Waals surface area contributed by atoms with E-state index in [1.165, 1.54) is 4.68 Å². The van der Waals surface area contributed by atoms with Gasteiger partial charge in [-0.15, -0.1) is 0 Å². The second-order valence-electron chi connectivity index (χ2n) is 9.37. The SMILES string of the molecule is O=S(=O)(N[C@H]1CO[C@H]2[C@@H]1OC[C@@H]2n1nnnc1Oc1ccc(-n2ccnc2)cc1)c1ccc2ccccc2c1. The maximum absolute atomic E-state index is 13.2. The molecule has 12 nitrogen and oxygen atoms in total. The van der Waals surface area contributed by atoms with Crippen molar-refractivity contribution in [2.24, 2.45) is 0 Å². The van der Waals surface area contributed by atoms with Crippen LogP contribution in [0.1, 0.15) is 6.04 Å². The monoisotopic (exact) mass is 545 g/mol. The van der Waals surface area contributed by atoms with Gasteiger partial charge in [-0.05, 0) is 57.6 Å². The molecule has 3 aromatic carbocycles. The van der Waals surface area contributed by atoms with Gasteiger partial charge in [0.15, 0.2) is 0 Å². The lowest BCUT2D eigenvalue weighted by molar-refractivity contribution is 0.0615. The van der Waals surface area contributed by atoms with Gasteiger partial charge < -0.3 is 18.8 Å². The molecule has 0 unspecified atom stereocenters. The number of sulfonamides is 1. The van der Waals surface area contributed by atoms with Gasteiger partial charge in [-0.2, -0.15) is 4.68 Å². The van der Waals surface area contributed by atoms with E-state index in [0.29, 0.717) is 5.75 Å². The molecule has 0 spiro atoms. The Balaban J connectivity index is 1.05. The molecule has 7 rings (SSSR count). The number of nitrogens with zero attached hydrogens (tertiary/aromatic N) is 6. The average Bonchev–Trinajstić information content (AvgIpc) is 3.76. The van der Waals surface area contributed by atoms with Crippen LogP contribution >= 0.6 is 0 Å². The highest BCUT2D eigenvalue weighted by Crippen LogP contribution is 2.36. The first-order valence-corrected chi connectivity index (χ1v) is 13.8.